The Kier molecular flexibility index (Phi) is 5.79. The van der Waals surface area contributed by atoms with E-state index in [9.17, 15) is 9.59 Å². The van der Waals surface area contributed by atoms with Crippen LogP contribution in [-0.4, -0.2) is 46.3 Å². The summed E-state index contributed by atoms with van der Waals surface area (Å²) >= 11 is 0. The summed E-state index contributed by atoms with van der Waals surface area (Å²) in [5.41, 5.74) is 1.64. The van der Waals surface area contributed by atoms with E-state index in [0.717, 1.165) is 36.8 Å². The summed E-state index contributed by atoms with van der Waals surface area (Å²) in [4.78, 5) is 34.5. The van der Waals surface area contributed by atoms with Gasteiger partial charge in [-0.05, 0) is 25.0 Å². The summed E-state index contributed by atoms with van der Waals surface area (Å²) in [6.07, 6.45) is 8.77. The predicted molar refractivity (Wildman–Crippen MR) is 109 cm³/mol. The number of carbonyl (C=O) groups is 2. The van der Waals surface area contributed by atoms with Crippen LogP contribution in [0.15, 0.2) is 48.8 Å². The normalized spacial score (nSPS) is 20.8. The van der Waals surface area contributed by atoms with Crippen LogP contribution in [0.25, 0.3) is 0 Å². The Morgan fingerprint density at radius 1 is 1.07 bits per heavy atom. The Bertz CT molecular complexity index is 865. The minimum absolute atomic E-state index is 0.000557. The van der Waals surface area contributed by atoms with Crippen LogP contribution in [-0.2, 0) is 16.1 Å². The van der Waals surface area contributed by atoms with Gasteiger partial charge >= 0.3 is 0 Å². The Hall–Kier alpha value is -2.89. The molecule has 0 radical (unpaired) electrons. The van der Waals surface area contributed by atoms with Crippen LogP contribution in [0.5, 0.6) is 5.75 Å². The van der Waals surface area contributed by atoms with Crippen molar-refractivity contribution >= 4 is 11.8 Å². The SMILES string of the molecule is COc1ccccc1CN1C(=O)CN(C2CCCCC2)C(=O)C1c1cccnc1. The van der Waals surface area contributed by atoms with Crippen LogP contribution < -0.4 is 4.74 Å². The van der Waals surface area contributed by atoms with Gasteiger partial charge in [0.2, 0.25) is 5.91 Å². The minimum Gasteiger partial charge on any atom is -0.496 e. The molecule has 0 N–H and O–H groups in total. The Balaban J connectivity index is 1.68. The number of piperazine rings is 1. The highest BCUT2D eigenvalue weighted by molar-refractivity contribution is 5.95. The fourth-order valence-electron chi connectivity index (χ4n) is 4.51. The maximum atomic E-state index is 13.6. The summed E-state index contributed by atoms with van der Waals surface area (Å²) < 4.78 is 5.46. The molecule has 29 heavy (non-hydrogen) atoms. The van der Waals surface area contributed by atoms with E-state index in [1.807, 2.05) is 41.3 Å². The lowest BCUT2D eigenvalue weighted by Crippen LogP contribution is -2.58. The number of benzene rings is 1. The predicted octanol–water partition coefficient (Wildman–Crippen LogP) is 3.34. The van der Waals surface area contributed by atoms with Crippen molar-refractivity contribution in [1.29, 1.82) is 0 Å². The largest absolute Gasteiger partial charge is 0.496 e. The van der Waals surface area contributed by atoms with Crippen molar-refractivity contribution in [3.8, 4) is 5.75 Å². The molecular formula is C23H27N3O3. The maximum Gasteiger partial charge on any atom is 0.250 e. The Morgan fingerprint density at radius 3 is 2.59 bits per heavy atom. The number of rotatable bonds is 5. The molecule has 4 rings (SSSR count). The van der Waals surface area contributed by atoms with Gasteiger partial charge in [0, 0.05) is 29.6 Å². The van der Waals surface area contributed by atoms with Crippen LogP contribution in [0.2, 0.25) is 0 Å². The summed E-state index contributed by atoms with van der Waals surface area (Å²) in [5.74, 6) is 0.682. The molecule has 1 aliphatic heterocycles. The molecular weight excluding hydrogens is 366 g/mol. The molecule has 2 fully saturated rings. The van der Waals surface area contributed by atoms with Crippen molar-refractivity contribution in [2.45, 2.75) is 50.7 Å². The van der Waals surface area contributed by atoms with Gasteiger partial charge in [-0.2, -0.15) is 0 Å². The molecule has 1 aromatic heterocycles. The van der Waals surface area contributed by atoms with Gasteiger partial charge in [-0.3, -0.25) is 14.6 Å². The lowest BCUT2D eigenvalue weighted by atomic mass is 9.91. The molecule has 2 aromatic rings. The molecule has 1 aromatic carbocycles. The molecule has 1 saturated heterocycles. The average molecular weight is 393 g/mol. The third-order valence-electron chi connectivity index (χ3n) is 6.00. The van der Waals surface area contributed by atoms with Gasteiger partial charge in [-0.25, -0.2) is 0 Å². The molecule has 0 spiro atoms. The van der Waals surface area contributed by atoms with E-state index in [2.05, 4.69) is 4.98 Å². The van der Waals surface area contributed by atoms with Crippen molar-refractivity contribution in [1.82, 2.24) is 14.8 Å². The molecule has 1 saturated carbocycles. The summed E-state index contributed by atoms with van der Waals surface area (Å²) in [5, 5.41) is 0. The van der Waals surface area contributed by atoms with E-state index >= 15 is 0 Å². The second-order valence-corrected chi connectivity index (χ2v) is 7.78. The van der Waals surface area contributed by atoms with Crippen molar-refractivity contribution in [2.75, 3.05) is 13.7 Å². The topological polar surface area (TPSA) is 62.7 Å². The van der Waals surface area contributed by atoms with Crippen molar-refractivity contribution < 1.29 is 14.3 Å². The lowest BCUT2D eigenvalue weighted by molar-refractivity contribution is -0.160. The lowest BCUT2D eigenvalue weighted by Gasteiger charge is -2.44. The van der Waals surface area contributed by atoms with Gasteiger partial charge in [0.15, 0.2) is 0 Å². The van der Waals surface area contributed by atoms with Crippen LogP contribution in [0, 0.1) is 0 Å². The monoisotopic (exact) mass is 393 g/mol. The highest BCUT2D eigenvalue weighted by atomic mass is 16.5. The number of hydrogen-bond donors (Lipinski definition) is 0. The Labute approximate surface area is 171 Å². The van der Waals surface area contributed by atoms with Crippen LogP contribution in [0.1, 0.15) is 49.3 Å². The highest BCUT2D eigenvalue weighted by Crippen LogP contribution is 2.34. The number of carbonyl (C=O) groups excluding carboxylic acids is 2. The van der Waals surface area contributed by atoms with Gasteiger partial charge < -0.3 is 14.5 Å². The summed E-state index contributed by atoms with van der Waals surface area (Å²) in [7, 11) is 1.62. The zero-order valence-corrected chi connectivity index (χ0v) is 16.8. The van der Waals surface area contributed by atoms with E-state index in [0.29, 0.717) is 12.3 Å². The zero-order valence-electron chi connectivity index (χ0n) is 16.8. The summed E-state index contributed by atoms with van der Waals surface area (Å²) in [6, 6.07) is 10.8. The third kappa shape index (κ3) is 3.97. The van der Waals surface area contributed by atoms with Gasteiger partial charge in [0.25, 0.3) is 5.91 Å². The molecule has 1 unspecified atom stereocenters. The molecule has 152 valence electrons. The molecule has 2 heterocycles. The van der Waals surface area contributed by atoms with Crippen LogP contribution in [0.4, 0.5) is 0 Å². The first kappa shape index (κ1) is 19.4. The quantitative estimate of drug-likeness (QED) is 0.782. The first-order valence-corrected chi connectivity index (χ1v) is 10.3. The van der Waals surface area contributed by atoms with E-state index in [4.69, 9.17) is 4.74 Å². The minimum atomic E-state index is -0.656. The van der Waals surface area contributed by atoms with Gasteiger partial charge in [-0.1, -0.05) is 43.5 Å². The van der Waals surface area contributed by atoms with Crippen molar-refractivity contribution in [2.24, 2.45) is 0 Å². The standard InChI is InChI=1S/C23H27N3O3/c1-29-20-12-6-5-8-18(20)15-26-21(27)16-25(19-10-3-2-4-11-19)23(28)22(26)17-9-7-13-24-14-17/h5-9,12-14,19,22H,2-4,10-11,15-16H2,1H3. The molecule has 6 nitrogen and oxygen atoms in total. The number of methoxy groups -OCH3 is 1. The fraction of sp³-hybridized carbons (Fsp3) is 0.435. The molecule has 2 aliphatic rings. The first-order chi connectivity index (χ1) is 14.2. The number of ether oxygens (including phenoxy) is 1. The number of aromatic nitrogens is 1. The zero-order chi connectivity index (χ0) is 20.2. The van der Waals surface area contributed by atoms with E-state index in [1.54, 1.807) is 24.4 Å². The van der Waals surface area contributed by atoms with Crippen molar-refractivity contribution in [3.05, 3.63) is 59.9 Å². The second kappa shape index (κ2) is 8.64. The van der Waals surface area contributed by atoms with E-state index in [-0.39, 0.29) is 24.4 Å². The van der Waals surface area contributed by atoms with E-state index < -0.39 is 6.04 Å². The van der Waals surface area contributed by atoms with Crippen molar-refractivity contribution in [3.63, 3.8) is 0 Å². The maximum absolute atomic E-state index is 13.6. The third-order valence-corrected chi connectivity index (χ3v) is 6.00. The fourth-order valence-corrected chi connectivity index (χ4v) is 4.51. The number of nitrogens with zero attached hydrogens (tertiary/aromatic N) is 3. The second-order valence-electron chi connectivity index (χ2n) is 7.78. The van der Waals surface area contributed by atoms with Gasteiger partial charge in [0.1, 0.15) is 18.3 Å². The number of pyridine rings is 1. The Morgan fingerprint density at radius 2 is 1.86 bits per heavy atom. The number of hydrogen-bond acceptors (Lipinski definition) is 4. The van der Waals surface area contributed by atoms with Crippen LogP contribution >= 0.6 is 0 Å². The molecule has 1 atom stereocenters. The molecule has 2 amide bonds. The molecule has 1 aliphatic carbocycles. The number of amides is 2. The first-order valence-electron chi connectivity index (χ1n) is 10.3. The number of para-hydroxylation sites is 1. The molecule has 6 heteroatoms. The summed E-state index contributed by atoms with van der Waals surface area (Å²) in [6.45, 7) is 0.474. The highest BCUT2D eigenvalue weighted by Gasteiger charge is 2.43. The van der Waals surface area contributed by atoms with Gasteiger partial charge in [-0.15, -0.1) is 0 Å². The van der Waals surface area contributed by atoms with E-state index in [1.165, 1.54) is 6.42 Å². The average Bonchev–Trinajstić information content (AvgIpc) is 2.77. The van der Waals surface area contributed by atoms with Gasteiger partial charge in [0.05, 0.1) is 13.7 Å². The smallest absolute Gasteiger partial charge is 0.250 e. The molecule has 0 bridgehead atoms. The van der Waals surface area contributed by atoms with Crippen LogP contribution in [0.3, 0.4) is 0 Å².